The Morgan fingerprint density at radius 3 is 3.00 bits per heavy atom. The predicted molar refractivity (Wildman–Crippen MR) is 45.7 cm³/mol. The molecule has 0 aliphatic heterocycles. The van der Waals surface area contributed by atoms with E-state index in [-0.39, 0.29) is 5.75 Å². The van der Waals surface area contributed by atoms with Crippen LogP contribution in [0.3, 0.4) is 0 Å². The van der Waals surface area contributed by atoms with E-state index in [0.29, 0.717) is 13.0 Å². The predicted octanol–water partition coefficient (Wildman–Crippen LogP) is 0.947. The summed E-state index contributed by atoms with van der Waals surface area (Å²) in [4.78, 5) is 9.98. The van der Waals surface area contributed by atoms with Crippen LogP contribution < -0.4 is 5.32 Å². The molecule has 0 fully saturated rings. The molecule has 1 aromatic rings. The number of phenols is 1. The largest absolute Gasteiger partial charge is 0.508 e. The third-order valence-corrected chi connectivity index (χ3v) is 1.61. The maximum Gasteiger partial charge on any atom is 0.207 e. The lowest BCUT2D eigenvalue weighted by atomic mass is 10.1. The van der Waals surface area contributed by atoms with Crippen LogP contribution in [-0.2, 0) is 11.3 Å². The van der Waals surface area contributed by atoms with Crippen LogP contribution in [-0.4, -0.2) is 11.5 Å². The molecule has 0 bridgehead atoms. The van der Waals surface area contributed by atoms with Gasteiger partial charge in [0.15, 0.2) is 0 Å². The number of amides is 1. The number of carbonyl (C=O) groups excluding carboxylic acids is 1. The average Bonchev–Trinajstić information content (AvgIpc) is 2.07. The van der Waals surface area contributed by atoms with Crippen LogP contribution in [0.2, 0.25) is 0 Å². The van der Waals surface area contributed by atoms with E-state index in [1.54, 1.807) is 6.07 Å². The fourth-order valence-electron chi connectivity index (χ4n) is 1.01. The first-order chi connectivity index (χ1) is 5.74. The fourth-order valence-corrected chi connectivity index (χ4v) is 1.01. The molecule has 0 saturated heterocycles. The number of hydrogen-bond donors (Lipinski definition) is 2. The molecule has 1 rings (SSSR count). The first-order valence-corrected chi connectivity index (χ1v) is 3.69. The maximum atomic E-state index is 9.98. The van der Waals surface area contributed by atoms with Crippen molar-refractivity contribution in [3.05, 3.63) is 29.3 Å². The monoisotopic (exact) mass is 165 g/mol. The Hall–Kier alpha value is -1.51. The van der Waals surface area contributed by atoms with Crippen LogP contribution in [0, 0.1) is 6.92 Å². The van der Waals surface area contributed by atoms with E-state index in [9.17, 15) is 9.90 Å². The summed E-state index contributed by atoms with van der Waals surface area (Å²) in [6, 6.07) is 5.28. The number of rotatable bonds is 3. The second-order valence-electron chi connectivity index (χ2n) is 2.63. The Morgan fingerprint density at radius 2 is 2.33 bits per heavy atom. The minimum absolute atomic E-state index is 0.218. The summed E-state index contributed by atoms with van der Waals surface area (Å²) in [5.74, 6) is 0.218. The highest BCUT2D eigenvalue weighted by Crippen LogP contribution is 2.17. The van der Waals surface area contributed by atoms with Gasteiger partial charge in [0.1, 0.15) is 5.75 Å². The van der Waals surface area contributed by atoms with Gasteiger partial charge in [-0.3, -0.25) is 4.79 Å². The van der Waals surface area contributed by atoms with Gasteiger partial charge in [0.05, 0.1) is 0 Å². The van der Waals surface area contributed by atoms with Gasteiger partial charge in [-0.15, -0.1) is 0 Å². The fraction of sp³-hybridized carbons (Fsp3) is 0.222. The molecule has 0 unspecified atom stereocenters. The lowest BCUT2D eigenvalue weighted by Gasteiger charge is -2.03. The molecule has 0 atom stereocenters. The zero-order valence-electron chi connectivity index (χ0n) is 6.87. The van der Waals surface area contributed by atoms with E-state index in [0.717, 1.165) is 11.1 Å². The van der Waals surface area contributed by atoms with Crippen molar-refractivity contribution >= 4 is 6.41 Å². The molecule has 0 saturated carbocycles. The van der Waals surface area contributed by atoms with Crippen molar-refractivity contribution in [3.8, 4) is 5.75 Å². The highest BCUT2D eigenvalue weighted by Gasteiger charge is 1.98. The van der Waals surface area contributed by atoms with Crippen LogP contribution in [0.15, 0.2) is 18.2 Å². The molecule has 3 heteroatoms. The van der Waals surface area contributed by atoms with Crippen LogP contribution in [0.5, 0.6) is 5.75 Å². The Labute approximate surface area is 71.0 Å². The number of nitrogens with one attached hydrogen (secondary N) is 1. The van der Waals surface area contributed by atoms with Crippen molar-refractivity contribution in [1.82, 2.24) is 5.32 Å². The quantitative estimate of drug-likeness (QED) is 0.655. The van der Waals surface area contributed by atoms with E-state index in [1.165, 1.54) is 0 Å². The van der Waals surface area contributed by atoms with Crippen molar-refractivity contribution in [3.63, 3.8) is 0 Å². The molecular formula is C9H11NO2. The third-order valence-electron chi connectivity index (χ3n) is 1.61. The zero-order valence-corrected chi connectivity index (χ0v) is 6.87. The highest BCUT2D eigenvalue weighted by molar-refractivity contribution is 5.47. The van der Waals surface area contributed by atoms with E-state index >= 15 is 0 Å². The molecule has 0 aliphatic carbocycles. The van der Waals surface area contributed by atoms with Crippen molar-refractivity contribution in [2.24, 2.45) is 0 Å². The summed E-state index contributed by atoms with van der Waals surface area (Å²) >= 11 is 0. The topological polar surface area (TPSA) is 49.3 Å². The van der Waals surface area contributed by atoms with Crippen LogP contribution in [0.25, 0.3) is 0 Å². The van der Waals surface area contributed by atoms with Gasteiger partial charge < -0.3 is 10.4 Å². The molecule has 0 spiro atoms. The van der Waals surface area contributed by atoms with Gasteiger partial charge in [-0.25, -0.2) is 0 Å². The normalized spacial score (nSPS) is 9.42. The van der Waals surface area contributed by atoms with Crippen LogP contribution in [0.4, 0.5) is 0 Å². The van der Waals surface area contributed by atoms with Crippen molar-refractivity contribution < 1.29 is 9.90 Å². The van der Waals surface area contributed by atoms with Crippen LogP contribution in [0.1, 0.15) is 11.1 Å². The lowest BCUT2D eigenvalue weighted by molar-refractivity contribution is -0.109. The Kier molecular flexibility index (Phi) is 2.69. The summed E-state index contributed by atoms with van der Waals surface area (Å²) in [5.41, 5.74) is 1.80. The number of aryl methyl sites for hydroxylation is 1. The molecule has 0 aromatic heterocycles. The molecule has 0 radical (unpaired) electrons. The van der Waals surface area contributed by atoms with Gasteiger partial charge in [0.2, 0.25) is 6.41 Å². The van der Waals surface area contributed by atoms with Gasteiger partial charge in [-0.05, 0) is 13.0 Å². The minimum Gasteiger partial charge on any atom is -0.508 e. The lowest BCUT2D eigenvalue weighted by Crippen LogP contribution is -2.09. The molecular weight excluding hydrogens is 154 g/mol. The standard InChI is InChI=1S/C9H11NO2/c1-7-2-3-9(12)8(4-7)5-10-6-11/h2-4,6,12H,5H2,1H3,(H,10,11). The number of phenolic OH excluding ortho intramolecular Hbond substituents is 1. The van der Waals surface area contributed by atoms with Crippen molar-refractivity contribution in [2.45, 2.75) is 13.5 Å². The van der Waals surface area contributed by atoms with E-state index < -0.39 is 0 Å². The summed E-state index contributed by atoms with van der Waals surface area (Å²) in [6.07, 6.45) is 0.613. The first kappa shape index (κ1) is 8.59. The molecule has 0 heterocycles. The Balaban J connectivity index is 2.82. The Morgan fingerprint density at radius 1 is 1.58 bits per heavy atom. The molecule has 3 nitrogen and oxygen atoms in total. The van der Waals surface area contributed by atoms with Crippen LogP contribution >= 0.6 is 0 Å². The maximum absolute atomic E-state index is 9.98. The summed E-state index contributed by atoms with van der Waals surface area (Å²) in [6.45, 7) is 2.31. The highest BCUT2D eigenvalue weighted by atomic mass is 16.3. The van der Waals surface area contributed by atoms with E-state index in [1.807, 2.05) is 19.1 Å². The van der Waals surface area contributed by atoms with Gasteiger partial charge in [0.25, 0.3) is 0 Å². The van der Waals surface area contributed by atoms with Gasteiger partial charge in [-0.2, -0.15) is 0 Å². The van der Waals surface area contributed by atoms with Gasteiger partial charge >= 0.3 is 0 Å². The number of carbonyl (C=O) groups is 1. The second-order valence-corrected chi connectivity index (χ2v) is 2.63. The summed E-state index contributed by atoms with van der Waals surface area (Å²) < 4.78 is 0. The van der Waals surface area contributed by atoms with Gasteiger partial charge in [0, 0.05) is 12.1 Å². The average molecular weight is 165 g/mol. The molecule has 1 aromatic carbocycles. The van der Waals surface area contributed by atoms with E-state index in [2.05, 4.69) is 5.32 Å². The number of aromatic hydroxyl groups is 1. The molecule has 64 valence electrons. The zero-order chi connectivity index (χ0) is 8.97. The SMILES string of the molecule is Cc1ccc(O)c(CNC=O)c1. The summed E-state index contributed by atoms with van der Waals surface area (Å²) in [7, 11) is 0. The molecule has 1 amide bonds. The molecule has 0 aliphatic rings. The molecule has 12 heavy (non-hydrogen) atoms. The first-order valence-electron chi connectivity index (χ1n) is 3.69. The summed E-state index contributed by atoms with van der Waals surface area (Å²) in [5, 5.41) is 11.8. The minimum atomic E-state index is 0.218. The third kappa shape index (κ3) is 1.99. The van der Waals surface area contributed by atoms with Gasteiger partial charge in [-0.1, -0.05) is 17.7 Å². The number of hydrogen-bond acceptors (Lipinski definition) is 2. The Bertz CT molecular complexity index is 284. The number of benzene rings is 1. The second kappa shape index (κ2) is 3.76. The molecule has 2 N–H and O–H groups in total. The van der Waals surface area contributed by atoms with Crippen molar-refractivity contribution in [2.75, 3.05) is 0 Å². The van der Waals surface area contributed by atoms with Crippen molar-refractivity contribution in [1.29, 1.82) is 0 Å². The smallest absolute Gasteiger partial charge is 0.207 e. The van der Waals surface area contributed by atoms with E-state index in [4.69, 9.17) is 0 Å².